The minimum atomic E-state index is -0.230. The number of hydrogen-bond donors (Lipinski definition) is 0. The van der Waals surface area contributed by atoms with Gasteiger partial charge in [-0.25, -0.2) is 4.79 Å². The second-order valence-corrected chi connectivity index (χ2v) is 5.08. The van der Waals surface area contributed by atoms with Gasteiger partial charge in [0.25, 0.3) is 0 Å². The zero-order valence-electron chi connectivity index (χ0n) is 12.3. The third-order valence-electron chi connectivity index (χ3n) is 3.41. The molecule has 0 saturated carbocycles. The van der Waals surface area contributed by atoms with Gasteiger partial charge < -0.3 is 14.2 Å². The number of ether oxygens (including phenoxy) is 3. The number of hydrogen-bond acceptors (Lipinski definition) is 4. The maximum Gasteiger partial charge on any atom is 0.333 e. The van der Waals surface area contributed by atoms with Gasteiger partial charge in [0.05, 0.1) is 13.7 Å². The van der Waals surface area contributed by atoms with Crippen molar-refractivity contribution in [1.82, 2.24) is 0 Å². The third-order valence-corrected chi connectivity index (χ3v) is 3.41. The number of carbonyl (C=O) groups is 1. The van der Waals surface area contributed by atoms with Crippen LogP contribution in [0.2, 0.25) is 0 Å². The standard InChI is InChI=1S/C15H26O4/c1-4-13(15(16)17-3)9-8-12(2)11-19-14-7-5-6-10-18-14/h4,12,14H,5-11H2,1-3H3/b13-4+/t12-,14?/m1/s1. The highest BCUT2D eigenvalue weighted by atomic mass is 16.7. The predicted octanol–water partition coefficient (Wildman–Crippen LogP) is 3.07. The van der Waals surface area contributed by atoms with Crippen molar-refractivity contribution in [3.05, 3.63) is 11.6 Å². The molecule has 0 N–H and O–H groups in total. The summed E-state index contributed by atoms with van der Waals surface area (Å²) in [6.07, 6.45) is 6.76. The van der Waals surface area contributed by atoms with E-state index in [0.29, 0.717) is 12.5 Å². The Morgan fingerprint density at radius 1 is 1.47 bits per heavy atom. The minimum absolute atomic E-state index is 0.0296. The van der Waals surface area contributed by atoms with Crippen molar-refractivity contribution in [2.24, 2.45) is 5.92 Å². The molecule has 0 aromatic carbocycles. The van der Waals surface area contributed by atoms with Crippen molar-refractivity contribution in [2.45, 2.75) is 52.2 Å². The van der Waals surface area contributed by atoms with Crippen LogP contribution in [-0.2, 0) is 19.0 Å². The Labute approximate surface area is 116 Å². The van der Waals surface area contributed by atoms with Gasteiger partial charge in [0.15, 0.2) is 6.29 Å². The predicted molar refractivity (Wildman–Crippen MR) is 73.7 cm³/mol. The Bertz CT molecular complexity index is 293. The molecule has 0 aromatic heterocycles. The zero-order valence-corrected chi connectivity index (χ0v) is 12.3. The van der Waals surface area contributed by atoms with Gasteiger partial charge in [-0.1, -0.05) is 13.0 Å². The molecule has 0 bridgehead atoms. The average molecular weight is 270 g/mol. The largest absolute Gasteiger partial charge is 0.466 e. The van der Waals surface area contributed by atoms with Gasteiger partial charge in [-0.2, -0.15) is 0 Å². The number of allylic oxidation sites excluding steroid dienone is 1. The van der Waals surface area contributed by atoms with Crippen LogP contribution in [-0.4, -0.2) is 32.6 Å². The molecular formula is C15H26O4. The van der Waals surface area contributed by atoms with E-state index in [1.165, 1.54) is 13.5 Å². The van der Waals surface area contributed by atoms with E-state index < -0.39 is 0 Å². The van der Waals surface area contributed by atoms with Crippen LogP contribution in [0.3, 0.4) is 0 Å². The first-order valence-electron chi connectivity index (χ1n) is 7.14. The van der Waals surface area contributed by atoms with Crippen molar-refractivity contribution in [3.63, 3.8) is 0 Å². The number of methoxy groups -OCH3 is 1. The van der Waals surface area contributed by atoms with Crippen molar-refractivity contribution < 1.29 is 19.0 Å². The lowest BCUT2D eigenvalue weighted by Crippen LogP contribution is -2.24. The maximum absolute atomic E-state index is 11.4. The van der Waals surface area contributed by atoms with E-state index in [-0.39, 0.29) is 12.3 Å². The summed E-state index contributed by atoms with van der Waals surface area (Å²) >= 11 is 0. The molecule has 1 aliphatic rings. The summed E-state index contributed by atoms with van der Waals surface area (Å²) in [6, 6.07) is 0. The molecule has 4 heteroatoms. The Hall–Kier alpha value is -0.870. The van der Waals surface area contributed by atoms with E-state index in [1.54, 1.807) is 0 Å². The van der Waals surface area contributed by atoms with Crippen molar-refractivity contribution in [3.8, 4) is 0 Å². The lowest BCUT2D eigenvalue weighted by Gasteiger charge is -2.24. The number of rotatable bonds is 7. The smallest absolute Gasteiger partial charge is 0.333 e. The van der Waals surface area contributed by atoms with Crippen LogP contribution in [0, 0.1) is 5.92 Å². The molecule has 0 amide bonds. The van der Waals surface area contributed by atoms with Crippen LogP contribution >= 0.6 is 0 Å². The first-order chi connectivity index (χ1) is 9.17. The lowest BCUT2D eigenvalue weighted by atomic mass is 10.0. The van der Waals surface area contributed by atoms with E-state index in [9.17, 15) is 4.79 Å². The fraction of sp³-hybridized carbons (Fsp3) is 0.800. The zero-order chi connectivity index (χ0) is 14.1. The highest BCUT2D eigenvalue weighted by molar-refractivity contribution is 5.88. The second-order valence-electron chi connectivity index (χ2n) is 5.08. The molecule has 0 aromatic rings. The van der Waals surface area contributed by atoms with E-state index in [1.807, 2.05) is 13.0 Å². The fourth-order valence-electron chi connectivity index (χ4n) is 2.09. The Kier molecular flexibility index (Phi) is 7.75. The van der Waals surface area contributed by atoms with Crippen LogP contribution in [0.15, 0.2) is 11.6 Å². The van der Waals surface area contributed by atoms with E-state index in [2.05, 4.69) is 6.92 Å². The monoisotopic (exact) mass is 270 g/mol. The SMILES string of the molecule is C/C=C(\CC[C@@H](C)COC1CCCCO1)C(=O)OC. The maximum atomic E-state index is 11.4. The Balaban J connectivity index is 2.19. The van der Waals surface area contributed by atoms with E-state index in [0.717, 1.165) is 37.9 Å². The Morgan fingerprint density at radius 2 is 2.26 bits per heavy atom. The second kappa shape index (κ2) is 9.10. The van der Waals surface area contributed by atoms with Crippen molar-refractivity contribution in [2.75, 3.05) is 20.3 Å². The van der Waals surface area contributed by atoms with Gasteiger partial charge in [-0.3, -0.25) is 0 Å². The molecule has 4 nitrogen and oxygen atoms in total. The summed E-state index contributed by atoms with van der Waals surface area (Å²) in [5, 5.41) is 0. The molecule has 0 spiro atoms. The molecule has 1 rings (SSSR count). The quantitative estimate of drug-likeness (QED) is 0.527. The normalized spacial score (nSPS) is 22.1. The summed E-state index contributed by atoms with van der Waals surface area (Å²) < 4.78 is 16.0. The molecule has 0 aliphatic carbocycles. The first-order valence-corrected chi connectivity index (χ1v) is 7.14. The average Bonchev–Trinajstić information content (AvgIpc) is 2.46. The van der Waals surface area contributed by atoms with Crippen LogP contribution in [0.4, 0.5) is 0 Å². The molecule has 2 atom stereocenters. The van der Waals surface area contributed by atoms with E-state index in [4.69, 9.17) is 14.2 Å². The molecule has 0 radical (unpaired) electrons. The van der Waals surface area contributed by atoms with Crippen LogP contribution in [0.5, 0.6) is 0 Å². The molecule has 1 heterocycles. The fourth-order valence-corrected chi connectivity index (χ4v) is 2.09. The van der Waals surface area contributed by atoms with E-state index >= 15 is 0 Å². The summed E-state index contributed by atoms with van der Waals surface area (Å²) in [4.78, 5) is 11.4. The van der Waals surface area contributed by atoms with Gasteiger partial charge in [-0.05, 0) is 44.9 Å². The number of esters is 1. The van der Waals surface area contributed by atoms with Crippen LogP contribution < -0.4 is 0 Å². The molecule has 110 valence electrons. The highest BCUT2D eigenvalue weighted by Crippen LogP contribution is 2.17. The minimum Gasteiger partial charge on any atom is -0.466 e. The van der Waals surface area contributed by atoms with Crippen molar-refractivity contribution >= 4 is 5.97 Å². The third kappa shape index (κ3) is 6.21. The number of carbonyl (C=O) groups excluding carboxylic acids is 1. The van der Waals surface area contributed by atoms with Gasteiger partial charge in [0.1, 0.15) is 0 Å². The van der Waals surface area contributed by atoms with Gasteiger partial charge in [-0.15, -0.1) is 0 Å². The molecule has 1 fully saturated rings. The Morgan fingerprint density at radius 3 is 2.84 bits per heavy atom. The summed E-state index contributed by atoms with van der Waals surface area (Å²) in [5.41, 5.74) is 0.739. The van der Waals surface area contributed by atoms with Crippen LogP contribution in [0.25, 0.3) is 0 Å². The molecule has 19 heavy (non-hydrogen) atoms. The summed E-state index contributed by atoms with van der Waals surface area (Å²) in [5.74, 6) is 0.177. The highest BCUT2D eigenvalue weighted by Gasteiger charge is 2.16. The summed E-state index contributed by atoms with van der Waals surface area (Å²) in [7, 11) is 1.42. The summed E-state index contributed by atoms with van der Waals surface area (Å²) in [6.45, 7) is 5.49. The van der Waals surface area contributed by atoms with Crippen LogP contribution in [0.1, 0.15) is 46.0 Å². The van der Waals surface area contributed by atoms with Gasteiger partial charge in [0, 0.05) is 12.2 Å². The topological polar surface area (TPSA) is 44.8 Å². The molecule has 1 unspecified atom stereocenters. The molecule has 1 saturated heterocycles. The van der Waals surface area contributed by atoms with Crippen molar-refractivity contribution in [1.29, 1.82) is 0 Å². The van der Waals surface area contributed by atoms with Gasteiger partial charge >= 0.3 is 5.97 Å². The van der Waals surface area contributed by atoms with Gasteiger partial charge in [0.2, 0.25) is 0 Å². The molecule has 1 aliphatic heterocycles. The lowest BCUT2D eigenvalue weighted by molar-refractivity contribution is -0.168. The molecular weight excluding hydrogens is 244 g/mol. The first kappa shape index (κ1) is 16.2.